The Bertz CT molecular complexity index is 646. The van der Waals surface area contributed by atoms with Gasteiger partial charge in [0, 0.05) is 26.7 Å². The van der Waals surface area contributed by atoms with Gasteiger partial charge in [-0.3, -0.25) is 4.90 Å². The van der Waals surface area contributed by atoms with E-state index in [0.29, 0.717) is 31.3 Å². The molecule has 0 saturated carbocycles. The van der Waals surface area contributed by atoms with Gasteiger partial charge in [-0.2, -0.15) is 4.98 Å². The average Bonchev–Trinajstić information content (AvgIpc) is 3.06. The van der Waals surface area contributed by atoms with Gasteiger partial charge in [0.15, 0.2) is 0 Å². The van der Waals surface area contributed by atoms with Gasteiger partial charge < -0.3 is 14.5 Å². The summed E-state index contributed by atoms with van der Waals surface area (Å²) >= 11 is 0. The molecule has 0 radical (unpaired) electrons. The molecule has 2 unspecified atom stereocenters. The van der Waals surface area contributed by atoms with E-state index < -0.39 is 6.10 Å². The second-order valence-electron chi connectivity index (χ2n) is 5.77. The number of nitrogens with zero attached hydrogens (tertiary/aromatic N) is 4. The molecule has 22 heavy (non-hydrogen) atoms. The maximum absolute atomic E-state index is 13.4. The van der Waals surface area contributed by atoms with Crippen molar-refractivity contribution in [2.24, 2.45) is 0 Å². The van der Waals surface area contributed by atoms with Gasteiger partial charge >= 0.3 is 0 Å². The van der Waals surface area contributed by atoms with E-state index in [2.05, 4.69) is 10.1 Å². The van der Waals surface area contributed by atoms with Gasteiger partial charge in [0.25, 0.3) is 5.95 Å². The summed E-state index contributed by atoms with van der Waals surface area (Å²) < 4.78 is 18.7. The van der Waals surface area contributed by atoms with Crippen molar-refractivity contribution >= 4 is 5.95 Å². The molecule has 6 nitrogen and oxygen atoms in total. The van der Waals surface area contributed by atoms with Gasteiger partial charge in [0.2, 0.25) is 5.89 Å². The lowest BCUT2D eigenvalue weighted by Gasteiger charge is -2.22. The minimum atomic E-state index is -0.440. The summed E-state index contributed by atoms with van der Waals surface area (Å²) in [6.07, 6.45) is 0.127. The molecule has 1 fully saturated rings. The minimum absolute atomic E-state index is 0.0552. The molecule has 2 aromatic rings. The Labute approximate surface area is 128 Å². The van der Waals surface area contributed by atoms with Crippen molar-refractivity contribution in [3.63, 3.8) is 0 Å². The van der Waals surface area contributed by atoms with Crippen molar-refractivity contribution in [1.29, 1.82) is 0 Å². The number of hydrogen-bond donors (Lipinski definition) is 1. The molecule has 1 aliphatic rings. The molecule has 1 aromatic carbocycles. The highest BCUT2D eigenvalue weighted by atomic mass is 19.1. The highest BCUT2D eigenvalue weighted by Crippen LogP contribution is 2.33. The number of halogens is 1. The second-order valence-corrected chi connectivity index (χ2v) is 5.77. The van der Waals surface area contributed by atoms with Crippen LogP contribution in [0.25, 0.3) is 0 Å². The molecule has 2 atom stereocenters. The third-order valence-corrected chi connectivity index (χ3v) is 3.81. The number of hydrogen-bond acceptors (Lipinski definition) is 6. The fourth-order valence-electron chi connectivity index (χ4n) is 2.78. The van der Waals surface area contributed by atoms with Gasteiger partial charge in [-0.25, -0.2) is 4.39 Å². The molecular weight excluding hydrogens is 287 g/mol. The Balaban J connectivity index is 1.78. The quantitative estimate of drug-likeness (QED) is 0.925. The van der Waals surface area contributed by atoms with Crippen LogP contribution in [0.3, 0.4) is 0 Å². The van der Waals surface area contributed by atoms with Crippen molar-refractivity contribution < 1.29 is 14.0 Å². The van der Waals surface area contributed by atoms with Crippen molar-refractivity contribution in [1.82, 2.24) is 15.0 Å². The molecule has 2 heterocycles. The van der Waals surface area contributed by atoms with Crippen LogP contribution in [0.2, 0.25) is 0 Å². The lowest BCUT2D eigenvalue weighted by molar-refractivity contribution is 0.164. The third-order valence-electron chi connectivity index (χ3n) is 3.81. The van der Waals surface area contributed by atoms with E-state index in [4.69, 9.17) is 4.52 Å². The molecule has 0 aliphatic carbocycles. The van der Waals surface area contributed by atoms with Crippen molar-refractivity contribution in [2.45, 2.75) is 25.1 Å². The molecule has 3 rings (SSSR count). The van der Waals surface area contributed by atoms with Gasteiger partial charge in [-0.15, -0.1) is 0 Å². The van der Waals surface area contributed by atoms with Gasteiger partial charge in [-0.05, 0) is 29.3 Å². The van der Waals surface area contributed by atoms with Crippen LogP contribution in [-0.2, 0) is 6.54 Å². The number of β-amino-alcohol motifs (C(OH)–C–C–N with tert-alkyl or cyclic N) is 1. The van der Waals surface area contributed by atoms with Crippen LogP contribution in [0, 0.1) is 5.82 Å². The topological polar surface area (TPSA) is 65.6 Å². The summed E-state index contributed by atoms with van der Waals surface area (Å²) in [5.74, 6) is 0.725. The molecule has 118 valence electrons. The predicted molar refractivity (Wildman–Crippen MR) is 78.8 cm³/mol. The Morgan fingerprint density at radius 1 is 1.45 bits per heavy atom. The fraction of sp³-hybridized carbons (Fsp3) is 0.467. The summed E-state index contributed by atoms with van der Waals surface area (Å²) in [5.41, 5.74) is 0.851. The zero-order valence-electron chi connectivity index (χ0n) is 12.6. The number of aliphatic hydroxyl groups is 1. The first kappa shape index (κ1) is 14.9. The zero-order valence-corrected chi connectivity index (χ0v) is 12.6. The first-order valence-electron chi connectivity index (χ1n) is 7.20. The summed E-state index contributed by atoms with van der Waals surface area (Å²) in [4.78, 5) is 8.09. The van der Waals surface area contributed by atoms with E-state index in [1.165, 1.54) is 12.1 Å². The van der Waals surface area contributed by atoms with Gasteiger partial charge in [-0.1, -0.05) is 12.1 Å². The number of likely N-dealkylation sites (tertiary alicyclic amines) is 1. The van der Waals surface area contributed by atoms with Crippen LogP contribution in [-0.4, -0.2) is 46.9 Å². The maximum atomic E-state index is 13.4. The molecular formula is C15H19FN4O2. The van der Waals surface area contributed by atoms with E-state index in [1.54, 1.807) is 11.0 Å². The monoisotopic (exact) mass is 306 g/mol. The van der Waals surface area contributed by atoms with E-state index in [9.17, 15) is 9.50 Å². The van der Waals surface area contributed by atoms with E-state index >= 15 is 0 Å². The minimum Gasteiger partial charge on any atom is -0.392 e. The fourth-order valence-corrected chi connectivity index (χ4v) is 2.78. The smallest absolute Gasteiger partial charge is 0.265 e. The Morgan fingerprint density at radius 3 is 2.95 bits per heavy atom. The normalized spacial score (nSPS) is 22.2. The molecule has 1 aliphatic heterocycles. The van der Waals surface area contributed by atoms with E-state index in [-0.39, 0.29) is 11.9 Å². The van der Waals surface area contributed by atoms with Crippen molar-refractivity contribution in [2.75, 3.05) is 25.5 Å². The van der Waals surface area contributed by atoms with Crippen molar-refractivity contribution in [3.8, 4) is 0 Å². The predicted octanol–water partition coefficient (Wildman–Crippen LogP) is 1.58. The summed E-state index contributed by atoms with van der Waals surface area (Å²) in [6.45, 7) is 0.930. The largest absolute Gasteiger partial charge is 0.392 e. The average molecular weight is 306 g/mol. The third kappa shape index (κ3) is 3.10. The lowest BCUT2D eigenvalue weighted by atomic mass is 10.0. The maximum Gasteiger partial charge on any atom is 0.265 e. The van der Waals surface area contributed by atoms with Crippen LogP contribution in [0.1, 0.15) is 23.9 Å². The Hall–Kier alpha value is -1.99. The lowest BCUT2D eigenvalue weighted by Crippen LogP contribution is -2.24. The van der Waals surface area contributed by atoms with Crippen LogP contribution in [0.5, 0.6) is 0 Å². The van der Waals surface area contributed by atoms with E-state index in [0.717, 1.165) is 5.56 Å². The second kappa shape index (κ2) is 6.02. The first-order chi connectivity index (χ1) is 10.5. The van der Waals surface area contributed by atoms with Crippen LogP contribution in [0.15, 0.2) is 28.8 Å². The molecule has 0 spiro atoms. The number of anilines is 1. The molecule has 1 saturated heterocycles. The van der Waals surface area contributed by atoms with Crippen LogP contribution >= 0.6 is 0 Å². The SMILES string of the molecule is CN(C)c1noc(CN2CC(O)CC2c2cccc(F)c2)n1. The molecule has 7 heteroatoms. The standard InChI is InChI=1S/C15H19FN4O2/c1-19(2)15-17-14(22-18-15)9-20-8-12(21)7-13(20)10-4-3-5-11(16)6-10/h3-6,12-13,21H,7-9H2,1-2H3. The zero-order chi connectivity index (χ0) is 15.7. The molecule has 1 aromatic heterocycles. The first-order valence-corrected chi connectivity index (χ1v) is 7.20. The Morgan fingerprint density at radius 2 is 2.27 bits per heavy atom. The Kier molecular flexibility index (Phi) is 4.08. The van der Waals surface area contributed by atoms with Gasteiger partial charge in [0.1, 0.15) is 5.82 Å². The summed E-state index contributed by atoms with van der Waals surface area (Å²) in [7, 11) is 3.67. The number of rotatable bonds is 4. The van der Waals surface area contributed by atoms with Crippen molar-refractivity contribution in [3.05, 3.63) is 41.5 Å². The highest BCUT2D eigenvalue weighted by Gasteiger charge is 2.33. The van der Waals surface area contributed by atoms with Crippen LogP contribution in [0.4, 0.5) is 10.3 Å². The number of aromatic nitrogens is 2. The molecule has 0 amide bonds. The summed E-state index contributed by atoms with van der Waals surface area (Å²) in [6, 6.07) is 6.43. The number of benzene rings is 1. The molecule has 1 N–H and O–H groups in total. The van der Waals surface area contributed by atoms with Crippen LogP contribution < -0.4 is 4.90 Å². The van der Waals surface area contributed by atoms with Gasteiger partial charge in [0.05, 0.1) is 12.6 Å². The summed E-state index contributed by atoms with van der Waals surface area (Å²) in [5, 5.41) is 13.8. The highest BCUT2D eigenvalue weighted by molar-refractivity contribution is 5.24. The van der Waals surface area contributed by atoms with E-state index in [1.807, 2.05) is 25.1 Å². The molecule has 0 bridgehead atoms. The number of aliphatic hydroxyl groups excluding tert-OH is 1.